The zero-order valence-corrected chi connectivity index (χ0v) is 10.5. The van der Waals surface area contributed by atoms with Crippen LogP contribution in [0.25, 0.3) is 0 Å². The van der Waals surface area contributed by atoms with Crippen LogP contribution in [-0.2, 0) is 4.79 Å². The SMILES string of the molecule is CC(CN)CC(=O)N1CCN(CC(F)(F)F)CC1. The van der Waals surface area contributed by atoms with Crippen LogP contribution in [0.1, 0.15) is 13.3 Å². The van der Waals surface area contributed by atoms with Gasteiger partial charge in [0.1, 0.15) is 0 Å². The highest BCUT2D eigenvalue weighted by atomic mass is 19.4. The van der Waals surface area contributed by atoms with E-state index in [4.69, 9.17) is 5.73 Å². The topological polar surface area (TPSA) is 49.6 Å². The summed E-state index contributed by atoms with van der Waals surface area (Å²) < 4.78 is 36.5. The predicted molar refractivity (Wildman–Crippen MR) is 61.9 cm³/mol. The van der Waals surface area contributed by atoms with Gasteiger partial charge in [0.15, 0.2) is 0 Å². The molecule has 2 N–H and O–H groups in total. The van der Waals surface area contributed by atoms with Gasteiger partial charge in [-0.25, -0.2) is 0 Å². The number of nitrogens with zero attached hydrogens (tertiary/aromatic N) is 2. The highest BCUT2D eigenvalue weighted by Gasteiger charge is 2.32. The molecular weight excluding hydrogens is 247 g/mol. The Labute approximate surface area is 105 Å². The fourth-order valence-electron chi connectivity index (χ4n) is 1.92. The quantitative estimate of drug-likeness (QED) is 0.815. The summed E-state index contributed by atoms with van der Waals surface area (Å²) in [5.74, 6) is 0.102. The van der Waals surface area contributed by atoms with E-state index in [1.165, 1.54) is 4.90 Å². The van der Waals surface area contributed by atoms with Crippen molar-refractivity contribution >= 4 is 5.91 Å². The zero-order chi connectivity index (χ0) is 13.8. The minimum absolute atomic E-state index is 0.0143. The van der Waals surface area contributed by atoms with E-state index >= 15 is 0 Å². The van der Waals surface area contributed by atoms with E-state index in [1.54, 1.807) is 4.90 Å². The minimum Gasteiger partial charge on any atom is -0.340 e. The fraction of sp³-hybridized carbons (Fsp3) is 0.909. The molecule has 0 aromatic heterocycles. The molecule has 18 heavy (non-hydrogen) atoms. The van der Waals surface area contributed by atoms with E-state index in [1.807, 2.05) is 6.92 Å². The highest BCUT2D eigenvalue weighted by Crippen LogP contribution is 2.17. The smallest absolute Gasteiger partial charge is 0.340 e. The molecule has 7 heteroatoms. The maximum absolute atomic E-state index is 12.2. The van der Waals surface area contributed by atoms with E-state index < -0.39 is 12.7 Å². The van der Waals surface area contributed by atoms with Crippen molar-refractivity contribution in [2.75, 3.05) is 39.3 Å². The lowest BCUT2D eigenvalue weighted by molar-refractivity contribution is -0.151. The highest BCUT2D eigenvalue weighted by molar-refractivity contribution is 5.76. The lowest BCUT2D eigenvalue weighted by Crippen LogP contribution is -2.51. The second kappa shape index (κ2) is 6.38. The number of piperazine rings is 1. The predicted octanol–water partition coefficient (Wildman–Crippen LogP) is 0.678. The first-order valence-electron chi connectivity index (χ1n) is 6.09. The molecule has 1 fully saturated rings. The van der Waals surface area contributed by atoms with Gasteiger partial charge in [-0.05, 0) is 12.5 Å². The van der Waals surface area contributed by atoms with Gasteiger partial charge in [0.2, 0.25) is 5.91 Å². The van der Waals surface area contributed by atoms with Gasteiger partial charge in [-0.3, -0.25) is 9.69 Å². The number of hydrogen-bond donors (Lipinski definition) is 1. The summed E-state index contributed by atoms with van der Waals surface area (Å²) in [5, 5.41) is 0. The lowest BCUT2D eigenvalue weighted by Gasteiger charge is -2.35. The van der Waals surface area contributed by atoms with Crippen LogP contribution in [0.15, 0.2) is 0 Å². The Morgan fingerprint density at radius 1 is 1.28 bits per heavy atom. The van der Waals surface area contributed by atoms with Gasteiger partial charge in [0.05, 0.1) is 6.54 Å². The average Bonchev–Trinajstić information content (AvgIpc) is 2.27. The Kier molecular flexibility index (Phi) is 5.40. The summed E-state index contributed by atoms with van der Waals surface area (Å²) in [6.45, 7) is 2.73. The van der Waals surface area contributed by atoms with Crippen LogP contribution in [0.4, 0.5) is 13.2 Å². The first-order chi connectivity index (χ1) is 8.31. The molecule has 1 aliphatic rings. The first kappa shape index (κ1) is 15.2. The third kappa shape index (κ3) is 5.22. The molecule has 0 spiro atoms. The summed E-state index contributed by atoms with van der Waals surface area (Å²) in [7, 11) is 0. The molecule has 1 saturated heterocycles. The van der Waals surface area contributed by atoms with Crippen LogP contribution < -0.4 is 5.73 Å². The Balaban J connectivity index is 2.33. The summed E-state index contributed by atoms with van der Waals surface area (Å²) in [6, 6.07) is 0. The molecule has 1 heterocycles. The van der Waals surface area contributed by atoms with Crippen molar-refractivity contribution in [1.82, 2.24) is 9.80 Å². The molecule has 0 aliphatic carbocycles. The average molecular weight is 267 g/mol. The van der Waals surface area contributed by atoms with E-state index in [2.05, 4.69) is 0 Å². The summed E-state index contributed by atoms with van der Waals surface area (Å²) >= 11 is 0. The van der Waals surface area contributed by atoms with Crippen molar-refractivity contribution in [2.45, 2.75) is 19.5 Å². The monoisotopic (exact) mass is 267 g/mol. The van der Waals surface area contributed by atoms with Gasteiger partial charge in [0.25, 0.3) is 0 Å². The van der Waals surface area contributed by atoms with Gasteiger partial charge >= 0.3 is 6.18 Å². The number of carbonyl (C=O) groups is 1. The van der Waals surface area contributed by atoms with Crippen LogP contribution in [0.2, 0.25) is 0 Å². The van der Waals surface area contributed by atoms with Crippen molar-refractivity contribution in [3.8, 4) is 0 Å². The Morgan fingerprint density at radius 3 is 2.28 bits per heavy atom. The number of alkyl halides is 3. The Bertz CT molecular complexity index is 275. The van der Waals surface area contributed by atoms with Crippen molar-refractivity contribution in [1.29, 1.82) is 0 Å². The molecule has 0 radical (unpaired) electrons. The molecule has 1 aliphatic heterocycles. The van der Waals surface area contributed by atoms with Gasteiger partial charge in [-0.1, -0.05) is 6.92 Å². The molecule has 1 rings (SSSR count). The molecule has 1 unspecified atom stereocenters. The Morgan fingerprint density at radius 2 is 1.83 bits per heavy atom. The second-order valence-corrected chi connectivity index (χ2v) is 4.82. The molecule has 4 nitrogen and oxygen atoms in total. The van der Waals surface area contributed by atoms with Crippen molar-refractivity contribution < 1.29 is 18.0 Å². The van der Waals surface area contributed by atoms with Crippen molar-refractivity contribution in [2.24, 2.45) is 11.7 Å². The first-order valence-corrected chi connectivity index (χ1v) is 6.09. The molecule has 1 amide bonds. The second-order valence-electron chi connectivity index (χ2n) is 4.82. The maximum Gasteiger partial charge on any atom is 0.401 e. The van der Waals surface area contributed by atoms with E-state index in [9.17, 15) is 18.0 Å². The molecular formula is C11H20F3N3O. The summed E-state index contributed by atoms with van der Waals surface area (Å²) in [6.07, 6.45) is -3.80. The van der Waals surface area contributed by atoms with Crippen LogP contribution in [0.5, 0.6) is 0 Å². The largest absolute Gasteiger partial charge is 0.401 e. The minimum atomic E-state index is -4.17. The van der Waals surface area contributed by atoms with Crippen LogP contribution >= 0.6 is 0 Å². The van der Waals surface area contributed by atoms with Gasteiger partial charge in [-0.2, -0.15) is 13.2 Å². The summed E-state index contributed by atoms with van der Waals surface area (Å²) in [5.41, 5.74) is 5.44. The Hall–Kier alpha value is -0.820. The molecule has 0 saturated carbocycles. The van der Waals surface area contributed by atoms with E-state index in [0.29, 0.717) is 26.1 Å². The maximum atomic E-state index is 12.2. The van der Waals surface area contributed by atoms with Gasteiger partial charge < -0.3 is 10.6 Å². The molecule has 0 aromatic carbocycles. The number of rotatable bonds is 4. The third-order valence-electron chi connectivity index (χ3n) is 3.05. The van der Waals surface area contributed by atoms with Gasteiger partial charge in [-0.15, -0.1) is 0 Å². The molecule has 0 bridgehead atoms. The molecule has 106 valence electrons. The zero-order valence-electron chi connectivity index (χ0n) is 10.5. The van der Waals surface area contributed by atoms with Crippen LogP contribution in [0.3, 0.4) is 0 Å². The fourth-order valence-corrected chi connectivity index (χ4v) is 1.92. The number of halogens is 3. The van der Waals surface area contributed by atoms with E-state index in [-0.39, 0.29) is 24.9 Å². The molecule has 1 atom stereocenters. The normalized spacial score (nSPS) is 19.9. The van der Waals surface area contributed by atoms with Crippen LogP contribution in [-0.4, -0.2) is 61.2 Å². The number of hydrogen-bond acceptors (Lipinski definition) is 3. The standard InChI is InChI=1S/C11H20F3N3O/c1-9(7-15)6-10(18)17-4-2-16(3-5-17)8-11(12,13)14/h9H,2-8,15H2,1H3. The molecule has 0 aromatic rings. The van der Waals surface area contributed by atoms with Crippen LogP contribution in [0, 0.1) is 5.92 Å². The number of amides is 1. The third-order valence-corrected chi connectivity index (χ3v) is 3.05. The number of carbonyl (C=O) groups excluding carboxylic acids is 1. The van der Waals surface area contributed by atoms with Crippen molar-refractivity contribution in [3.05, 3.63) is 0 Å². The van der Waals surface area contributed by atoms with Crippen molar-refractivity contribution in [3.63, 3.8) is 0 Å². The summed E-state index contributed by atoms with van der Waals surface area (Å²) in [4.78, 5) is 14.7. The number of nitrogens with two attached hydrogens (primary N) is 1. The van der Waals surface area contributed by atoms with E-state index in [0.717, 1.165) is 0 Å². The lowest BCUT2D eigenvalue weighted by atomic mass is 10.1. The van der Waals surface area contributed by atoms with Gasteiger partial charge in [0, 0.05) is 32.6 Å².